The molecule has 1 saturated heterocycles. The number of halogens is 3. The van der Waals surface area contributed by atoms with E-state index in [0.29, 0.717) is 25.1 Å². The maximum atomic E-state index is 12.8. The van der Waals surface area contributed by atoms with E-state index >= 15 is 0 Å². The van der Waals surface area contributed by atoms with Crippen LogP contribution in [0.2, 0.25) is 0 Å². The van der Waals surface area contributed by atoms with Crippen molar-refractivity contribution in [3.05, 3.63) is 35.4 Å². The predicted octanol–water partition coefficient (Wildman–Crippen LogP) is 3.45. The van der Waals surface area contributed by atoms with Crippen LogP contribution >= 0.6 is 0 Å². The molecule has 0 radical (unpaired) electrons. The molecule has 3 nitrogen and oxygen atoms in total. The van der Waals surface area contributed by atoms with Gasteiger partial charge < -0.3 is 9.64 Å². The molecule has 1 heterocycles. The minimum atomic E-state index is -4.34. The molecular formula is C17H20F3NO2. The van der Waals surface area contributed by atoms with Gasteiger partial charge in [-0.25, -0.2) is 0 Å². The van der Waals surface area contributed by atoms with Crippen molar-refractivity contribution in [3.63, 3.8) is 0 Å². The molecule has 1 aliphatic heterocycles. The van der Waals surface area contributed by atoms with Crippen molar-refractivity contribution in [1.82, 2.24) is 4.90 Å². The first-order valence-corrected chi connectivity index (χ1v) is 7.89. The van der Waals surface area contributed by atoms with Gasteiger partial charge in [0.05, 0.1) is 11.7 Å². The third kappa shape index (κ3) is 3.52. The summed E-state index contributed by atoms with van der Waals surface area (Å²) in [4.78, 5) is 14.3. The fourth-order valence-corrected chi connectivity index (χ4v) is 3.33. The largest absolute Gasteiger partial charge is 0.416 e. The number of rotatable bonds is 3. The monoisotopic (exact) mass is 327 g/mol. The van der Waals surface area contributed by atoms with Gasteiger partial charge in [-0.3, -0.25) is 4.79 Å². The lowest BCUT2D eigenvalue weighted by molar-refractivity contribution is -0.137. The molecule has 0 bridgehead atoms. The van der Waals surface area contributed by atoms with Gasteiger partial charge in [-0.1, -0.05) is 18.2 Å². The second kappa shape index (κ2) is 6.15. The Hall–Kier alpha value is -1.56. The maximum absolute atomic E-state index is 12.8. The molecule has 1 saturated carbocycles. The molecule has 1 aromatic rings. The zero-order valence-corrected chi connectivity index (χ0v) is 13.0. The summed E-state index contributed by atoms with van der Waals surface area (Å²) >= 11 is 0. The molecule has 0 N–H and O–H groups in total. The Morgan fingerprint density at radius 3 is 2.57 bits per heavy atom. The Bertz CT molecular complexity index is 579. The van der Waals surface area contributed by atoms with Crippen molar-refractivity contribution in [2.24, 2.45) is 5.92 Å². The highest BCUT2D eigenvalue weighted by atomic mass is 19.4. The normalized spacial score (nSPS) is 25.5. The average Bonchev–Trinajstić information content (AvgIpc) is 3.34. The highest BCUT2D eigenvalue weighted by molar-refractivity contribution is 5.83. The van der Waals surface area contributed by atoms with Crippen LogP contribution < -0.4 is 0 Å². The number of nitrogens with zero attached hydrogens (tertiary/aromatic N) is 1. The minimum Gasteiger partial charge on any atom is -0.381 e. The van der Waals surface area contributed by atoms with Gasteiger partial charge in [-0.05, 0) is 36.8 Å². The number of benzene rings is 1. The molecule has 2 aliphatic rings. The lowest BCUT2D eigenvalue weighted by Gasteiger charge is -2.31. The van der Waals surface area contributed by atoms with Gasteiger partial charge in [0.1, 0.15) is 0 Å². The molecule has 1 amide bonds. The lowest BCUT2D eigenvalue weighted by Crippen LogP contribution is -2.41. The number of carbonyl (C=O) groups is 1. The Balaban J connectivity index is 1.62. The van der Waals surface area contributed by atoms with E-state index in [1.54, 1.807) is 13.2 Å². The number of hydrogen-bond donors (Lipinski definition) is 0. The molecule has 0 aromatic heterocycles. The second-order valence-electron chi connectivity index (χ2n) is 6.33. The zero-order chi connectivity index (χ0) is 16.6. The van der Waals surface area contributed by atoms with Crippen molar-refractivity contribution in [3.8, 4) is 0 Å². The van der Waals surface area contributed by atoms with Crippen molar-refractivity contribution in [2.45, 2.75) is 37.5 Å². The van der Waals surface area contributed by atoms with Gasteiger partial charge in [-0.2, -0.15) is 13.2 Å². The SMILES string of the molecule is COC1CCN(C(=O)C2CC2c2cccc(C(F)(F)F)c2)CC1. The van der Waals surface area contributed by atoms with Gasteiger partial charge >= 0.3 is 6.18 Å². The van der Waals surface area contributed by atoms with E-state index in [1.807, 2.05) is 4.90 Å². The molecule has 2 atom stereocenters. The van der Waals surface area contributed by atoms with E-state index in [9.17, 15) is 18.0 Å². The molecule has 1 aromatic carbocycles. The summed E-state index contributed by atoms with van der Waals surface area (Å²) < 4.78 is 43.6. The highest BCUT2D eigenvalue weighted by Crippen LogP contribution is 2.49. The molecule has 0 spiro atoms. The molecule has 1 aliphatic carbocycles. The summed E-state index contributed by atoms with van der Waals surface area (Å²) in [5.41, 5.74) is -0.0287. The summed E-state index contributed by atoms with van der Waals surface area (Å²) in [6.07, 6.45) is -1.85. The molecule has 3 rings (SSSR count). The molecular weight excluding hydrogens is 307 g/mol. The third-order valence-electron chi connectivity index (χ3n) is 4.84. The van der Waals surface area contributed by atoms with Crippen LogP contribution in [-0.2, 0) is 15.7 Å². The van der Waals surface area contributed by atoms with Crippen LogP contribution in [0.1, 0.15) is 36.3 Å². The van der Waals surface area contributed by atoms with Crippen molar-refractivity contribution in [1.29, 1.82) is 0 Å². The second-order valence-corrected chi connectivity index (χ2v) is 6.33. The standard InChI is InChI=1S/C17H20F3NO2/c1-23-13-5-7-21(8-6-13)16(22)15-10-14(15)11-3-2-4-12(9-11)17(18,19)20/h2-4,9,13-15H,5-8,10H2,1H3. The van der Waals surface area contributed by atoms with Crippen LogP contribution in [0.3, 0.4) is 0 Å². The fourth-order valence-electron chi connectivity index (χ4n) is 3.33. The number of methoxy groups -OCH3 is 1. The van der Waals surface area contributed by atoms with Crippen LogP contribution in [0.4, 0.5) is 13.2 Å². The van der Waals surface area contributed by atoms with E-state index < -0.39 is 11.7 Å². The zero-order valence-electron chi connectivity index (χ0n) is 13.0. The quantitative estimate of drug-likeness (QED) is 0.851. The average molecular weight is 327 g/mol. The lowest BCUT2D eigenvalue weighted by atomic mass is 10.0. The smallest absolute Gasteiger partial charge is 0.381 e. The summed E-state index contributed by atoms with van der Waals surface area (Å²) in [7, 11) is 1.67. The van der Waals surface area contributed by atoms with Gasteiger partial charge in [-0.15, -0.1) is 0 Å². The number of carbonyl (C=O) groups excluding carboxylic acids is 1. The fraction of sp³-hybridized carbons (Fsp3) is 0.588. The maximum Gasteiger partial charge on any atom is 0.416 e. The summed E-state index contributed by atoms with van der Waals surface area (Å²) in [6, 6.07) is 5.35. The Morgan fingerprint density at radius 1 is 1.26 bits per heavy atom. The molecule has 23 heavy (non-hydrogen) atoms. The van der Waals surface area contributed by atoms with Crippen LogP contribution in [-0.4, -0.2) is 37.1 Å². The molecule has 6 heteroatoms. The minimum absolute atomic E-state index is 0.0713. The van der Waals surface area contributed by atoms with Crippen LogP contribution in [0, 0.1) is 5.92 Å². The van der Waals surface area contributed by atoms with E-state index in [2.05, 4.69) is 0 Å². The van der Waals surface area contributed by atoms with E-state index in [-0.39, 0.29) is 23.8 Å². The van der Waals surface area contributed by atoms with Gasteiger partial charge in [0.15, 0.2) is 0 Å². The third-order valence-corrected chi connectivity index (χ3v) is 4.84. The first kappa shape index (κ1) is 16.3. The van der Waals surface area contributed by atoms with Crippen LogP contribution in [0.5, 0.6) is 0 Å². The van der Waals surface area contributed by atoms with Crippen molar-refractivity contribution in [2.75, 3.05) is 20.2 Å². The number of amides is 1. The Morgan fingerprint density at radius 2 is 1.96 bits per heavy atom. The first-order chi connectivity index (χ1) is 10.9. The predicted molar refractivity (Wildman–Crippen MR) is 78.9 cm³/mol. The number of likely N-dealkylation sites (tertiary alicyclic amines) is 1. The number of hydrogen-bond acceptors (Lipinski definition) is 2. The van der Waals surface area contributed by atoms with E-state index in [0.717, 1.165) is 18.9 Å². The van der Waals surface area contributed by atoms with Crippen LogP contribution in [0.15, 0.2) is 24.3 Å². The molecule has 2 fully saturated rings. The number of piperidine rings is 1. The van der Waals surface area contributed by atoms with Crippen LogP contribution in [0.25, 0.3) is 0 Å². The topological polar surface area (TPSA) is 29.5 Å². The number of alkyl halides is 3. The van der Waals surface area contributed by atoms with Gasteiger partial charge in [0.25, 0.3) is 0 Å². The Labute approximate surface area is 133 Å². The highest BCUT2D eigenvalue weighted by Gasteiger charge is 2.46. The van der Waals surface area contributed by atoms with Crippen molar-refractivity contribution >= 4 is 5.91 Å². The number of ether oxygens (including phenoxy) is 1. The van der Waals surface area contributed by atoms with E-state index in [4.69, 9.17) is 4.74 Å². The summed E-state index contributed by atoms with van der Waals surface area (Å²) in [6.45, 7) is 1.34. The van der Waals surface area contributed by atoms with E-state index in [1.165, 1.54) is 12.1 Å². The Kier molecular flexibility index (Phi) is 4.36. The van der Waals surface area contributed by atoms with Gasteiger partial charge in [0.2, 0.25) is 5.91 Å². The van der Waals surface area contributed by atoms with Gasteiger partial charge in [0, 0.05) is 26.1 Å². The summed E-state index contributed by atoms with van der Waals surface area (Å²) in [5, 5.41) is 0. The molecule has 2 unspecified atom stereocenters. The molecule has 126 valence electrons. The first-order valence-electron chi connectivity index (χ1n) is 7.89. The summed E-state index contributed by atoms with van der Waals surface area (Å²) in [5.74, 6) is -0.176. The van der Waals surface area contributed by atoms with Crippen molar-refractivity contribution < 1.29 is 22.7 Å².